The third kappa shape index (κ3) is 7.37. The number of nitrogens with one attached hydrogen (secondary N) is 1. The van der Waals surface area contributed by atoms with Crippen LogP contribution in [0.3, 0.4) is 0 Å². The van der Waals surface area contributed by atoms with Crippen molar-refractivity contribution in [3.05, 3.63) is 35.7 Å². The van der Waals surface area contributed by atoms with E-state index < -0.39 is 0 Å². The number of thioether (sulfide) groups is 1. The standard InChI is InChI=1S/C25H41N3O2S/c1-8-9-10-11-12-15-18-31-22-21(24(2,3)4)23(28(27-26-22)25(5,6)7)30-20-17-14-13-16-19(20)29/h13-14,16-17,27,29H,8-12,15,18H2,1-7H3. The number of hydrogen-bond donors (Lipinski definition) is 2. The topological polar surface area (TPSA) is 57.1 Å². The molecule has 0 saturated carbocycles. The van der Waals surface area contributed by atoms with Crippen LogP contribution in [0, 0.1) is 5.41 Å². The number of phenols is 1. The van der Waals surface area contributed by atoms with Crippen molar-refractivity contribution in [2.75, 3.05) is 5.75 Å². The molecular weight excluding hydrogens is 406 g/mol. The van der Waals surface area contributed by atoms with Gasteiger partial charge in [-0.25, -0.2) is 10.5 Å². The number of unbranched alkanes of at least 4 members (excludes halogenated alkanes) is 5. The van der Waals surface area contributed by atoms with Crippen LogP contribution in [0.4, 0.5) is 0 Å². The largest absolute Gasteiger partial charge is 0.504 e. The number of hydrogen-bond acceptors (Lipinski definition) is 6. The van der Waals surface area contributed by atoms with Crippen molar-refractivity contribution in [1.29, 1.82) is 0 Å². The molecular formula is C25H41N3O2S. The van der Waals surface area contributed by atoms with Gasteiger partial charge in [-0.2, -0.15) is 5.10 Å². The zero-order valence-corrected chi connectivity index (χ0v) is 21.2. The third-order valence-corrected chi connectivity index (χ3v) is 6.17. The first-order chi connectivity index (χ1) is 14.6. The molecule has 1 aromatic carbocycles. The van der Waals surface area contributed by atoms with Crippen molar-refractivity contribution in [2.24, 2.45) is 10.5 Å². The maximum absolute atomic E-state index is 10.3. The van der Waals surface area contributed by atoms with Gasteiger partial charge in [0.15, 0.2) is 11.5 Å². The second-order valence-corrected chi connectivity index (χ2v) is 11.2. The van der Waals surface area contributed by atoms with Crippen molar-refractivity contribution < 1.29 is 9.84 Å². The molecule has 0 spiro atoms. The molecule has 0 saturated heterocycles. The number of para-hydroxylation sites is 2. The van der Waals surface area contributed by atoms with E-state index in [0.29, 0.717) is 11.6 Å². The molecule has 0 unspecified atom stereocenters. The molecule has 2 N–H and O–H groups in total. The van der Waals surface area contributed by atoms with Crippen LogP contribution in [-0.2, 0) is 0 Å². The molecule has 0 fully saturated rings. The Hall–Kier alpha value is -1.82. The van der Waals surface area contributed by atoms with Gasteiger partial charge in [-0.05, 0) is 50.5 Å². The van der Waals surface area contributed by atoms with Crippen LogP contribution in [0.25, 0.3) is 0 Å². The Morgan fingerprint density at radius 3 is 2.26 bits per heavy atom. The fourth-order valence-electron chi connectivity index (χ4n) is 3.40. The molecule has 1 aromatic rings. The molecule has 0 aliphatic carbocycles. The first-order valence-corrected chi connectivity index (χ1v) is 12.5. The van der Waals surface area contributed by atoms with E-state index in [0.717, 1.165) is 16.4 Å². The van der Waals surface area contributed by atoms with Crippen LogP contribution in [-0.4, -0.2) is 26.5 Å². The Bertz CT molecular complexity index is 776. The Labute approximate surface area is 193 Å². The van der Waals surface area contributed by atoms with Crippen molar-refractivity contribution in [3.8, 4) is 11.5 Å². The highest BCUT2D eigenvalue weighted by Gasteiger charge is 2.38. The lowest BCUT2D eigenvalue weighted by molar-refractivity contribution is 0.0544. The van der Waals surface area contributed by atoms with Gasteiger partial charge in [0.2, 0.25) is 5.88 Å². The molecule has 6 heteroatoms. The average molecular weight is 448 g/mol. The number of hydrazone groups is 1. The number of hydrazine groups is 1. The number of rotatable bonds is 9. The zero-order chi connectivity index (χ0) is 23.1. The van der Waals surface area contributed by atoms with Gasteiger partial charge in [0.25, 0.3) is 0 Å². The fraction of sp³-hybridized carbons (Fsp3) is 0.640. The van der Waals surface area contributed by atoms with E-state index in [-0.39, 0.29) is 16.7 Å². The maximum atomic E-state index is 10.3. The number of aromatic hydroxyl groups is 1. The molecule has 1 aliphatic rings. The van der Waals surface area contributed by atoms with Gasteiger partial charge in [0.1, 0.15) is 5.04 Å². The van der Waals surface area contributed by atoms with Crippen LogP contribution < -0.4 is 10.3 Å². The average Bonchev–Trinajstić information content (AvgIpc) is 2.67. The lowest BCUT2D eigenvalue weighted by atomic mass is 9.86. The van der Waals surface area contributed by atoms with Crippen molar-refractivity contribution >= 4 is 16.8 Å². The molecule has 174 valence electrons. The molecule has 1 aliphatic heterocycles. The highest BCUT2D eigenvalue weighted by Crippen LogP contribution is 2.40. The molecule has 0 amide bonds. The number of benzene rings is 1. The van der Waals surface area contributed by atoms with E-state index in [1.54, 1.807) is 30.0 Å². The van der Waals surface area contributed by atoms with Gasteiger partial charge in [0.05, 0.1) is 11.1 Å². The third-order valence-electron chi connectivity index (χ3n) is 5.11. The maximum Gasteiger partial charge on any atom is 0.222 e. The highest BCUT2D eigenvalue weighted by atomic mass is 32.2. The van der Waals surface area contributed by atoms with Gasteiger partial charge in [-0.15, -0.1) is 11.8 Å². The Morgan fingerprint density at radius 1 is 1.00 bits per heavy atom. The van der Waals surface area contributed by atoms with Gasteiger partial charge in [0, 0.05) is 0 Å². The number of ether oxygens (including phenoxy) is 1. The SMILES string of the molecule is CCCCCCCCSC1=NNN(C(C)(C)C)C(Oc2ccccc2O)=C1C(C)(C)C. The van der Waals surface area contributed by atoms with Gasteiger partial charge < -0.3 is 9.84 Å². The van der Waals surface area contributed by atoms with E-state index in [2.05, 4.69) is 54.0 Å². The predicted molar refractivity (Wildman–Crippen MR) is 133 cm³/mol. The monoisotopic (exact) mass is 447 g/mol. The molecule has 1 heterocycles. The Balaban J connectivity index is 2.29. The summed E-state index contributed by atoms with van der Waals surface area (Å²) < 4.78 is 6.37. The minimum absolute atomic E-state index is 0.126. The summed E-state index contributed by atoms with van der Waals surface area (Å²) in [6.07, 6.45) is 7.69. The summed E-state index contributed by atoms with van der Waals surface area (Å²) in [7, 11) is 0. The molecule has 31 heavy (non-hydrogen) atoms. The van der Waals surface area contributed by atoms with E-state index in [1.165, 1.54) is 38.5 Å². The van der Waals surface area contributed by atoms with Crippen molar-refractivity contribution in [2.45, 2.75) is 92.5 Å². The summed E-state index contributed by atoms with van der Waals surface area (Å²) in [5, 5.41) is 18.0. The first-order valence-electron chi connectivity index (χ1n) is 11.5. The summed E-state index contributed by atoms with van der Waals surface area (Å²) in [4.78, 5) is 0. The number of phenolic OH excluding ortho intramolecular Hbond substituents is 1. The van der Waals surface area contributed by atoms with Crippen LogP contribution in [0.1, 0.15) is 87.0 Å². The Kier molecular flexibility index (Phi) is 9.16. The van der Waals surface area contributed by atoms with Crippen LogP contribution in [0.5, 0.6) is 11.5 Å². The van der Waals surface area contributed by atoms with E-state index >= 15 is 0 Å². The quantitative estimate of drug-likeness (QED) is 0.397. The summed E-state index contributed by atoms with van der Waals surface area (Å²) in [6.45, 7) is 15.1. The molecule has 0 bridgehead atoms. The summed E-state index contributed by atoms with van der Waals surface area (Å²) in [6, 6.07) is 7.10. The molecule has 0 radical (unpaired) electrons. The van der Waals surface area contributed by atoms with Crippen molar-refractivity contribution in [1.82, 2.24) is 10.5 Å². The van der Waals surface area contributed by atoms with Crippen LogP contribution in [0.2, 0.25) is 0 Å². The summed E-state index contributed by atoms with van der Waals surface area (Å²) in [5.74, 6) is 2.30. The molecule has 5 nitrogen and oxygen atoms in total. The van der Waals surface area contributed by atoms with Gasteiger partial charge in [-0.3, -0.25) is 0 Å². The second kappa shape index (κ2) is 11.2. The Morgan fingerprint density at radius 2 is 1.65 bits per heavy atom. The fourth-order valence-corrected chi connectivity index (χ4v) is 4.58. The minimum Gasteiger partial charge on any atom is -0.504 e. The van der Waals surface area contributed by atoms with E-state index in [4.69, 9.17) is 9.84 Å². The minimum atomic E-state index is -0.269. The molecule has 0 atom stereocenters. The summed E-state index contributed by atoms with van der Waals surface area (Å²) in [5.41, 5.74) is 3.81. The molecule has 2 rings (SSSR count). The van der Waals surface area contributed by atoms with Gasteiger partial charge >= 0.3 is 0 Å². The van der Waals surface area contributed by atoms with Gasteiger partial charge in [-0.1, -0.05) is 71.9 Å². The lowest BCUT2D eigenvalue weighted by Gasteiger charge is -2.42. The normalized spacial score (nSPS) is 15.1. The smallest absolute Gasteiger partial charge is 0.222 e. The number of nitrogens with zero attached hydrogens (tertiary/aromatic N) is 2. The lowest BCUT2D eigenvalue weighted by Crippen LogP contribution is -2.52. The predicted octanol–water partition coefficient (Wildman–Crippen LogP) is 7.05. The zero-order valence-electron chi connectivity index (χ0n) is 20.4. The second-order valence-electron chi connectivity index (χ2n) is 10.1. The van der Waals surface area contributed by atoms with Crippen LogP contribution in [0.15, 0.2) is 40.8 Å². The van der Waals surface area contributed by atoms with E-state index in [1.807, 2.05) is 11.1 Å². The van der Waals surface area contributed by atoms with E-state index in [9.17, 15) is 5.11 Å². The van der Waals surface area contributed by atoms with Crippen LogP contribution >= 0.6 is 11.8 Å². The molecule has 0 aromatic heterocycles. The highest BCUT2D eigenvalue weighted by molar-refractivity contribution is 8.14. The first kappa shape index (κ1) is 25.4. The van der Waals surface area contributed by atoms with Crippen molar-refractivity contribution in [3.63, 3.8) is 0 Å². The summed E-state index contributed by atoms with van der Waals surface area (Å²) >= 11 is 1.79.